The molecule has 4 nitrogen and oxygen atoms in total. The van der Waals surface area contributed by atoms with Crippen LogP contribution in [-0.2, 0) is 4.79 Å². The van der Waals surface area contributed by atoms with Crippen molar-refractivity contribution in [2.75, 3.05) is 19.1 Å². The van der Waals surface area contributed by atoms with Crippen molar-refractivity contribution in [3.8, 4) is 17.2 Å². The van der Waals surface area contributed by atoms with E-state index in [1.807, 2.05) is 13.8 Å². The van der Waals surface area contributed by atoms with E-state index in [0.717, 1.165) is 0 Å². The van der Waals surface area contributed by atoms with E-state index in [4.69, 9.17) is 25.8 Å². The van der Waals surface area contributed by atoms with Gasteiger partial charge in [-0.2, -0.15) is 0 Å². The summed E-state index contributed by atoms with van der Waals surface area (Å²) in [4.78, 5) is 11.1. The van der Waals surface area contributed by atoms with Gasteiger partial charge in [-0.3, -0.25) is 4.79 Å². The summed E-state index contributed by atoms with van der Waals surface area (Å²) in [6.45, 7) is 4.80. The number of rotatable bonds is 6. The summed E-state index contributed by atoms with van der Waals surface area (Å²) in [6, 6.07) is 4.98. The third-order valence-corrected chi connectivity index (χ3v) is 2.03. The molecular weight excluding hydrogens is 244 g/mol. The van der Waals surface area contributed by atoms with Crippen LogP contribution in [0, 0.1) is 0 Å². The third-order valence-electron chi connectivity index (χ3n) is 1.82. The molecule has 0 saturated carbocycles. The molecule has 0 atom stereocenters. The minimum Gasteiger partial charge on any atom is -0.494 e. The number of carbonyl (C=O) groups is 1. The van der Waals surface area contributed by atoms with Gasteiger partial charge in [-0.05, 0) is 13.8 Å². The molecule has 94 valence electrons. The van der Waals surface area contributed by atoms with Gasteiger partial charge in [0.2, 0.25) is 0 Å². The van der Waals surface area contributed by atoms with Crippen LogP contribution in [0.4, 0.5) is 0 Å². The van der Waals surface area contributed by atoms with Crippen molar-refractivity contribution in [1.29, 1.82) is 0 Å². The van der Waals surface area contributed by atoms with Crippen LogP contribution in [-0.4, -0.2) is 25.1 Å². The van der Waals surface area contributed by atoms with Crippen LogP contribution in [0.15, 0.2) is 18.2 Å². The number of hydrogen-bond donors (Lipinski definition) is 0. The number of ether oxygens (including phenoxy) is 3. The molecule has 0 bridgehead atoms. The molecule has 0 amide bonds. The van der Waals surface area contributed by atoms with Gasteiger partial charge in [0.15, 0.2) is 0 Å². The van der Waals surface area contributed by atoms with Gasteiger partial charge < -0.3 is 14.2 Å². The minimum atomic E-state index is -0.511. The predicted molar refractivity (Wildman–Crippen MR) is 65.1 cm³/mol. The number of hydrogen-bond acceptors (Lipinski definition) is 4. The number of esters is 1. The van der Waals surface area contributed by atoms with E-state index >= 15 is 0 Å². The zero-order valence-electron chi connectivity index (χ0n) is 9.86. The lowest BCUT2D eigenvalue weighted by molar-refractivity contribution is -0.131. The Hall–Kier alpha value is -1.42. The molecule has 1 aromatic carbocycles. The normalized spacial score (nSPS) is 9.82. The van der Waals surface area contributed by atoms with Gasteiger partial charge in [0.05, 0.1) is 13.2 Å². The molecule has 0 unspecified atom stereocenters. The Kier molecular flexibility index (Phi) is 5.63. The molecule has 0 aromatic heterocycles. The molecule has 0 saturated heterocycles. The molecule has 0 spiro atoms. The average molecular weight is 259 g/mol. The molecule has 17 heavy (non-hydrogen) atoms. The topological polar surface area (TPSA) is 44.8 Å². The Balaban J connectivity index is 2.90. The molecule has 0 aliphatic carbocycles. The molecule has 0 aliphatic heterocycles. The van der Waals surface area contributed by atoms with Crippen molar-refractivity contribution in [2.24, 2.45) is 0 Å². The summed E-state index contributed by atoms with van der Waals surface area (Å²) < 4.78 is 15.7. The fraction of sp³-hybridized carbons (Fsp3) is 0.417. The lowest BCUT2D eigenvalue weighted by Crippen LogP contribution is -2.09. The van der Waals surface area contributed by atoms with E-state index in [9.17, 15) is 4.79 Å². The van der Waals surface area contributed by atoms with Gasteiger partial charge in [0, 0.05) is 18.2 Å². The maximum Gasteiger partial charge on any atom is 0.326 e. The number of carbonyl (C=O) groups excluding carboxylic acids is 1. The van der Waals surface area contributed by atoms with Crippen LogP contribution in [0.25, 0.3) is 0 Å². The quantitative estimate of drug-likeness (QED) is 0.447. The molecule has 0 radical (unpaired) electrons. The van der Waals surface area contributed by atoms with Gasteiger partial charge in [-0.25, -0.2) is 0 Å². The lowest BCUT2D eigenvalue weighted by Gasteiger charge is -2.10. The first-order valence-electron chi connectivity index (χ1n) is 5.37. The van der Waals surface area contributed by atoms with E-state index in [2.05, 4.69) is 0 Å². The van der Waals surface area contributed by atoms with Crippen molar-refractivity contribution >= 4 is 17.6 Å². The molecule has 5 heteroatoms. The summed E-state index contributed by atoms with van der Waals surface area (Å²) in [5, 5.41) is 0. The van der Waals surface area contributed by atoms with Crippen molar-refractivity contribution in [2.45, 2.75) is 13.8 Å². The minimum absolute atomic E-state index is 0.192. The van der Waals surface area contributed by atoms with E-state index in [0.29, 0.717) is 30.5 Å². The Morgan fingerprint density at radius 2 is 1.53 bits per heavy atom. The van der Waals surface area contributed by atoms with Crippen molar-refractivity contribution in [1.82, 2.24) is 0 Å². The summed E-state index contributed by atoms with van der Waals surface area (Å²) in [7, 11) is 0. The van der Waals surface area contributed by atoms with Crippen LogP contribution in [0.3, 0.4) is 0 Å². The Morgan fingerprint density at radius 3 is 1.94 bits per heavy atom. The second kappa shape index (κ2) is 7.01. The molecule has 0 aliphatic rings. The summed E-state index contributed by atoms with van der Waals surface area (Å²) in [6.07, 6.45) is 0. The van der Waals surface area contributed by atoms with Crippen molar-refractivity contribution in [3.05, 3.63) is 18.2 Å². The largest absolute Gasteiger partial charge is 0.494 e. The molecule has 0 N–H and O–H groups in total. The second-order valence-corrected chi connectivity index (χ2v) is 3.38. The SMILES string of the molecule is CCOc1cc(OCC)cc(OC(=O)CCl)c1. The molecule has 1 aromatic rings. The standard InChI is InChI=1S/C12H15ClO4/c1-3-15-9-5-10(16-4-2)7-11(6-9)17-12(14)8-13/h5-7H,3-4,8H2,1-2H3. The predicted octanol–water partition coefficient (Wildman–Crippen LogP) is 2.63. The van der Waals surface area contributed by atoms with E-state index in [-0.39, 0.29) is 5.88 Å². The summed E-state index contributed by atoms with van der Waals surface area (Å²) >= 11 is 5.37. The monoisotopic (exact) mass is 258 g/mol. The first-order chi connectivity index (χ1) is 8.19. The Bertz CT molecular complexity index is 355. The highest BCUT2D eigenvalue weighted by Crippen LogP contribution is 2.28. The van der Waals surface area contributed by atoms with Gasteiger partial charge in [-0.1, -0.05) is 0 Å². The van der Waals surface area contributed by atoms with Crippen LogP contribution in [0.2, 0.25) is 0 Å². The highest BCUT2D eigenvalue weighted by atomic mass is 35.5. The second-order valence-electron chi connectivity index (χ2n) is 3.11. The smallest absolute Gasteiger partial charge is 0.326 e. The fourth-order valence-electron chi connectivity index (χ4n) is 1.26. The van der Waals surface area contributed by atoms with Crippen molar-refractivity contribution < 1.29 is 19.0 Å². The van der Waals surface area contributed by atoms with Gasteiger partial charge >= 0.3 is 5.97 Å². The number of benzene rings is 1. The third kappa shape index (κ3) is 4.53. The van der Waals surface area contributed by atoms with E-state index in [1.165, 1.54) is 0 Å². The molecule has 0 heterocycles. The fourth-order valence-corrected chi connectivity index (χ4v) is 1.32. The lowest BCUT2D eigenvalue weighted by atomic mass is 10.3. The van der Waals surface area contributed by atoms with Crippen molar-refractivity contribution in [3.63, 3.8) is 0 Å². The Morgan fingerprint density at radius 1 is 1.06 bits per heavy atom. The highest BCUT2D eigenvalue weighted by molar-refractivity contribution is 6.26. The molecule has 0 fully saturated rings. The first kappa shape index (κ1) is 13.6. The van der Waals surface area contributed by atoms with Crippen LogP contribution in [0.1, 0.15) is 13.8 Å². The summed E-state index contributed by atoms with van der Waals surface area (Å²) in [5.74, 6) is 0.850. The number of halogens is 1. The maximum atomic E-state index is 11.1. The van der Waals surface area contributed by atoms with Gasteiger partial charge in [0.1, 0.15) is 23.1 Å². The maximum absolute atomic E-state index is 11.1. The van der Waals surface area contributed by atoms with E-state index < -0.39 is 5.97 Å². The van der Waals surface area contributed by atoms with Crippen LogP contribution in [0.5, 0.6) is 17.2 Å². The van der Waals surface area contributed by atoms with Crippen LogP contribution < -0.4 is 14.2 Å². The van der Waals surface area contributed by atoms with Crippen LogP contribution >= 0.6 is 11.6 Å². The first-order valence-corrected chi connectivity index (χ1v) is 5.90. The zero-order chi connectivity index (χ0) is 12.7. The Labute approximate surface area is 105 Å². The van der Waals surface area contributed by atoms with Gasteiger partial charge in [-0.15, -0.1) is 11.6 Å². The van der Waals surface area contributed by atoms with Gasteiger partial charge in [0.25, 0.3) is 0 Å². The molecular formula is C12H15ClO4. The number of alkyl halides is 1. The molecule has 1 rings (SSSR count). The average Bonchev–Trinajstić information content (AvgIpc) is 2.29. The summed E-state index contributed by atoms with van der Waals surface area (Å²) in [5.41, 5.74) is 0. The zero-order valence-corrected chi connectivity index (χ0v) is 10.6. The van der Waals surface area contributed by atoms with E-state index in [1.54, 1.807) is 18.2 Å². The highest BCUT2D eigenvalue weighted by Gasteiger charge is 2.07.